The molecule has 152 valence electrons. The Morgan fingerprint density at radius 1 is 1.25 bits per heavy atom. The standard InChI is InChI=1S/C22H31N3O3/c1-14(13-25-17(4)15(2)16(3)23-25)22(26)24-11-7-8-20(24)19-10-9-18(27-5)12-21(19)28-6/h9-10,12,14,20H,7-8,11,13H2,1-6H3/t14-,20+/m0/s1. The summed E-state index contributed by atoms with van der Waals surface area (Å²) in [5.41, 5.74) is 4.40. The van der Waals surface area contributed by atoms with Crippen LogP contribution in [-0.4, -0.2) is 41.4 Å². The lowest BCUT2D eigenvalue weighted by molar-refractivity contribution is -0.136. The Bertz CT molecular complexity index is 859. The third-order valence-electron chi connectivity index (χ3n) is 5.95. The van der Waals surface area contributed by atoms with E-state index in [1.807, 2.05) is 41.6 Å². The summed E-state index contributed by atoms with van der Waals surface area (Å²) in [7, 11) is 3.30. The number of ether oxygens (including phenoxy) is 2. The molecule has 2 aromatic rings. The van der Waals surface area contributed by atoms with Crippen molar-refractivity contribution < 1.29 is 14.3 Å². The summed E-state index contributed by atoms with van der Waals surface area (Å²) in [4.78, 5) is 15.3. The maximum atomic E-state index is 13.3. The van der Waals surface area contributed by atoms with E-state index in [9.17, 15) is 4.79 Å². The van der Waals surface area contributed by atoms with Gasteiger partial charge in [-0.15, -0.1) is 0 Å². The minimum atomic E-state index is -0.137. The van der Waals surface area contributed by atoms with Crippen molar-refractivity contribution in [2.75, 3.05) is 20.8 Å². The normalized spacial score (nSPS) is 17.6. The molecule has 3 rings (SSSR count). The number of carbonyl (C=O) groups is 1. The maximum absolute atomic E-state index is 13.3. The van der Waals surface area contributed by atoms with Gasteiger partial charge in [0.2, 0.25) is 5.91 Å². The minimum absolute atomic E-state index is 0.0398. The molecule has 1 fully saturated rings. The van der Waals surface area contributed by atoms with Gasteiger partial charge >= 0.3 is 0 Å². The van der Waals surface area contributed by atoms with Gasteiger partial charge in [0.1, 0.15) is 11.5 Å². The molecule has 6 nitrogen and oxygen atoms in total. The molecule has 0 spiro atoms. The summed E-state index contributed by atoms with van der Waals surface area (Å²) in [5.74, 6) is 1.56. The first-order valence-electron chi connectivity index (χ1n) is 9.90. The molecule has 28 heavy (non-hydrogen) atoms. The molecule has 2 atom stereocenters. The third-order valence-corrected chi connectivity index (χ3v) is 5.95. The summed E-state index contributed by atoms with van der Waals surface area (Å²) in [6.45, 7) is 9.52. The lowest BCUT2D eigenvalue weighted by Crippen LogP contribution is -2.36. The molecule has 1 amide bonds. The van der Waals surface area contributed by atoms with E-state index in [-0.39, 0.29) is 17.9 Å². The van der Waals surface area contributed by atoms with Gasteiger partial charge in [-0.2, -0.15) is 5.10 Å². The fourth-order valence-electron chi connectivity index (χ4n) is 4.03. The molecule has 0 N–H and O–H groups in total. The molecular formula is C22H31N3O3. The Kier molecular flexibility index (Phi) is 5.96. The van der Waals surface area contributed by atoms with Gasteiger partial charge in [-0.1, -0.05) is 6.92 Å². The summed E-state index contributed by atoms with van der Waals surface area (Å²) >= 11 is 0. The molecule has 0 bridgehead atoms. The first-order chi connectivity index (χ1) is 13.4. The van der Waals surface area contributed by atoms with Crippen molar-refractivity contribution in [3.63, 3.8) is 0 Å². The number of benzene rings is 1. The van der Waals surface area contributed by atoms with E-state index in [4.69, 9.17) is 9.47 Å². The molecule has 0 aliphatic carbocycles. The molecule has 1 aliphatic heterocycles. The van der Waals surface area contributed by atoms with Gasteiger partial charge < -0.3 is 14.4 Å². The second-order valence-electron chi connectivity index (χ2n) is 7.68. The van der Waals surface area contributed by atoms with Gasteiger partial charge in [0.05, 0.1) is 38.4 Å². The molecular weight excluding hydrogens is 354 g/mol. The number of amides is 1. The Morgan fingerprint density at radius 2 is 2.00 bits per heavy atom. The van der Waals surface area contributed by atoms with E-state index < -0.39 is 0 Å². The highest BCUT2D eigenvalue weighted by Gasteiger charge is 2.34. The molecule has 1 aromatic heterocycles. The average Bonchev–Trinajstić information content (AvgIpc) is 3.28. The number of nitrogens with zero attached hydrogens (tertiary/aromatic N) is 3. The van der Waals surface area contributed by atoms with E-state index in [0.717, 1.165) is 47.8 Å². The highest BCUT2D eigenvalue weighted by molar-refractivity contribution is 5.79. The van der Waals surface area contributed by atoms with Crippen molar-refractivity contribution in [3.8, 4) is 11.5 Å². The van der Waals surface area contributed by atoms with Crippen molar-refractivity contribution in [1.82, 2.24) is 14.7 Å². The number of methoxy groups -OCH3 is 2. The first-order valence-corrected chi connectivity index (χ1v) is 9.90. The number of aromatic nitrogens is 2. The van der Waals surface area contributed by atoms with Crippen LogP contribution in [0.1, 0.15) is 48.3 Å². The van der Waals surface area contributed by atoms with Crippen LogP contribution >= 0.6 is 0 Å². The van der Waals surface area contributed by atoms with E-state index in [1.165, 1.54) is 5.56 Å². The van der Waals surface area contributed by atoms with Crippen LogP contribution in [0.15, 0.2) is 18.2 Å². The van der Waals surface area contributed by atoms with Gasteiger partial charge in [0.15, 0.2) is 0 Å². The zero-order valence-electron chi connectivity index (χ0n) is 17.8. The van der Waals surface area contributed by atoms with E-state index in [2.05, 4.69) is 18.9 Å². The predicted molar refractivity (Wildman–Crippen MR) is 109 cm³/mol. The summed E-state index contributed by atoms with van der Waals surface area (Å²) in [6.07, 6.45) is 1.94. The SMILES string of the molecule is COc1ccc([C@H]2CCCN2C(=O)[C@@H](C)Cn2nc(C)c(C)c2C)c(OC)c1. The quantitative estimate of drug-likeness (QED) is 0.758. The maximum Gasteiger partial charge on any atom is 0.227 e. The topological polar surface area (TPSA) is 56.6 Å². The summed E-state index contributed by atoms with van der Waals surface area (Å²) in [6, 6.07) is 5.88. The monoisotopic (exact) mass is 385 g/mol. The molecule has 0 saturated carbocycles. The Balaban J connectivity index is 1.80. The molecule has 1 aromatic carbocycles. The van der Waals surface area contributed by atoms with Crippen LogP contribution in [0.5, 0.6) is 11.5 Å². The van der Waals surface area contributed by atoms with Gasteiger partial charge in [-0.3, -0.25) is 9.48 Å². The van der Waals surface area contributed by atoms with Crippen molar-refractivity contribution in [2.24, 2.45) is 5.92 Å². The smallest absolute Gasteiger partial charge is 0.227 e. The van der Waals surface area contributed by atoms with Crippen molar-refractivity contribution in [1.29, 1.82) is 0 Å². The highest BCUT2D eigenvalue weighted by Crippen LogP contribution is 2.39. The van der Waals surface area contributed by atoms with Crippen molar-refractivity contribution in [2.45, 2.75) is 53.1 Å². The number of hydrogen-bond donors (Lipinski definition) is 0. The van der Waals surface area contributed by atoms with Gasteiger partial charge in [-0.05, 0) is 51.3 Å². The minimum Gasteiger partial charge on any atom is -0.497 e. The Hall–Kier alpha value is -2.50. The van der Waals surface area contributed by atoms with Crippen LogP contribution in [0.2, 0.25) is 0 Å². The zero-order valence-corrected chi connectivity index (χ0v) is 17.8. The number of likely N-dealkylation sites (tertiary alicyclic amines) is 1. The first kappa shape index (κ1) is 20.2. The molecule has 2 heterocycles. The molecule has 1 aliphatic rings. The van der Waals surface area contributed by atoms with Crippen LogP contribution in [0.4, 0.5) is 0 Å². The van der Waals surface area contributed by atoms with Crippen LogP contribution in [0.3, 0.4) is 0 Å². The molecule has 1 saturated heterocycles. The summed E-state index contributed by atoms with van der Waals surface area (Å²) < 4.78 is 12.9. The van der Waals surface area contributed by atoms with Gasteiger partial charge in [-0.25, -0.2) is 0 Å². The molecule has 6 heteroatoms. The fraction of sp³-hybridized carbons (Fsp3) is 0.545. The van der Waals surface area contributed by atoms with Crippen LogP contribution in [-0.2, 0) is 11.3 Å². The second-order valence-corrected chi connectivity index (χ2v) is 7.68. The van der Waals surface area contributed by atoms with Crippen molar-refractivity contribution >= 4 is 5.91 Å². The predicted octanol–water partition coefficient (Wildman–Crippen LogP) is 3.83. The van der Waals surface area contributed by atoms with Gasteiger partial charge in [0.25, 0.3) is 0 Å². The van der Waals surface area contributed by atoms with Crippen LogP contribution in [0.25, 0.3) is 0 Å². The molecule has 0 radical (unpaired) electrons. The zero-order chi connectivity index (χ0) is 20.4. The number of hydrogen-bond acceptors (Lipinski definition) is 4. The van der Waals surface area contributed by atoms with Crippen LogP contribution in [0, 0.1) is 26.7 Å². The number of aryl methyl sites for hydroxylation is 1. The largest absolute Gasteiger partial charge is 0.497 e. The molecule has 0 unspecified atom stereocenters. The second kappa shape index (κ2) is 8.25. The lowest BCUT2D eigenvalue weighted by Gasteiger charge is -2.29. The van der Waals surface area contributed by atoms with Crippen molar-refractivity contribution in [3.05, 3.63) is 40.7 Å². The van der Waals surface area contributed by atoms with Crippen LogP contribution < -0.4 is 9.47 Å². The highest BCUT2D eigenvalue weighted by atomic mass is 16.5. The average molecular weight is 386 g/mol. The van der Waals surface area contributed by atoms with E-state index >= 15 is 0 Å². The van der Waals surface area contributed by atoms with Gasteiger partial charge in [0, 0.05) is 23.9 Å². The number of carbonyl (C=O) groups excluding carboxylic acids is 1. The Morgan fingerprint density at radius 3 is 2.61 bits per heavy atom. The lowest BCUT2D eigenvalue weighted by atomic mass is 10.0. The summed E-state index contributed by atoms with van der Waals surface area (Å²) in [5, 5.41) is 4.59. The van der Waals surface area contributed by atoms with E-state index in [0.29, 0.717) is 6.54 Å². The Labute approximate surface area is 167 Å². The number of rotatable bonds is 6. The third kappa shape index (κ3) is 3.73. The van der Waals surface area contributed by atoms with E-state index in [1.54, 1.807) is 14.2 Å². The fourth-order valence-corrected chi connectivity index (χ4v) is 4.03.